The van der Waals surface area contributed by atoms with Crippen LogP contribution in [0.3, 0.4) is 0 Å². The number of carbonyl (C=O) groups is 1. The Morgan fingerprint density at radius 2 is 1.97 bits per heavy atom. The molecule has 4 rings (SSSR count). The van der Waals surface area contributed by atoms with Crippen molar-refractivity contribution in [3.05, 3.63) is 70.9 Å². The summed E-state index contributed by atoms with van der Waals surface area (Å²) in [6.45, 7) is 3.78. The third-order valence-electron chi connectivity index (χ3n) is 5.24. The molecule has 0 bridgehead atoms. The van der Waals surface area contributed by atoms with Crippen LogP contribution in [0.25, 0.3) is 10.4 Å². The first kappa shape index (κ1) is 20.6. The van der Waals surface area contributed by atoms with Crippen molar-refractivity contribution in [1.29, 1.82) is 0 Å². The predicted octanol–water partition coefficient (Wildman–Crippen LogP) is 4.95. The molecule has 0 aliphatic carbocycles. The van der Waals surface area contributed by atoms with Gasteiger partial charge in [-0.05, 0) is 43.0 Å². The summed E-state index contributed by atoms with van der Waals surface area (Å²) in [5, 5.41) is 0.888. The Morgan fingerprint density at radius 1 is 1.20 bits per heavy atom. The highest BCUT2D eigenvalue weighted by molar-refractivity contribution is 7.15. The molecule has 3 aromatic rings. The minimum atomic E-state index is -0.0514. The van der Waals surface area contributed by atoms with Gasteiger partial charge in [-0.25, -0.2) is 4.98 Å². The number of nitrogens with zero attached hydrogens (tertiary/aromatic N) is 2. The first-order valence-electron chi connectivity index (χ1n) is 10.2. The SMILES string of the molecule is COc1ccc(CN(CC2CCCO2)C(=O)c2nc(C)sc2-c2ccccc2)cc1. The highest BCUT2D eigenvalue weighted by atomic mass is 32.1. The van der Waals surface area contributed by atoms with Crippen molar-refractivity contribution in [3.63, 3.8) is 0 Å². The fourth-order valence-electron chi connectivity index (χ4n) is 3.71. The molecule has 2 aromatic carbocycles. The number of ether oxygens (including phenoxy) is 2. The van der Waals surface area contributed by atoms with Gasteiger partial charge < -0.3 is 14.4 Å². The molecule has 1 aromatic heterocycles. The minimum absolute atomic E-state index is 0.0514. The average Bonchev–Trinajstić information content (AvgIpc) is 3.43. The summed E-state index contributed by atoms with van der Waals surface area (Å²) >= 11 is 1.56. The van der Waals surface area contributed by atoms with Crippen LogP contribution < -0.4 is 4.74 Å². The molecular weight excluding hydrogens is 396 g/mol. The minimum Gasteiger partial charge on any atom is -0.497 e. The topological polar surface area (TPSA) is 51.7 Å². The van der Waals surface area contributed by atoms with Crippen molar-refractivity contribution in [1.82, 2.24) is 9.88 Å². The van der Waals surface area contributed by atoms with E-state index in [1.807, 2.05) is 66.4 Å². The van der Waals surface area contributed by atoms with E-state index in [1.165, 1.54) is 0 Å². The van der Waals surface area contributed by atoms with Gasteiger partial charge in [-0.3, -0.25) is 4.79 Å². The molecule has 1 fully saturated rings. The Kier molecular flexibility index (Phi) is 6.45. The molecule has 1 atom stereocenters. The summed E-state index contributed by atoms with van der Waals surface area (Å²) in [6, 6.07) is 17.8. The molecule has 1 aliphatic heterocycles. The van der Waals surface area contributed by atoms with Gasteiger partial charge in [0.2, 0.25) is 0 Å². The van der Waals surface area contributed by atoms with Crippen LogP contribution in [0.5, 0.6) is 5.75 Å². The largest absolute Gasteiger partial charge is 0.497 e. The number of benzene rings is 2. The maximum atomic E-state index is 13.7. The van der Waals surface area contributed by atoms with Gasteiger partial charge in [0, 0.05) is 19.7 Å². The number of hydrogen-bond donors (Lipinski definition) is 0. The monoisotopic (exact) mass is 422 g/mol. The van der Waals surface area contributed by atoms with Crippen LogP contribution in [0, 0.1) is 6.92 Å². The normalized spacial score (nSPS) is 15.9. The molecule has 1 unspecified atom stereocenters. The molecule has 1 saturated heterocycles. The molecular formula is C24H26N2O3S. The molecule has 5 nitrogen and oxygen atoms in total. The van der Waals surface area contributed by atoms with Crippen molar-refractivity contribution in [2.45, 2.75) is 32.4 Å². The van der Waals surface area contributed by atoms with E-state index in [9.17, 15) is 4.79 Å². The molecule has 30 heavy (non-hydrogen) atoms. The number of aromatic nitrogens is 1. The van der Waals surface area contributed by atoms with Crippen LogP contribution in [0.4, 0.5) is 0 Å². The Hall–Kier alpha value is -2.70. The molecule has 0 radical (unpaired) electrons. The highest BCUT2D eigenvalue weighted by Crippen LogP contribution is 2.31. The Morgan fingerprint density at radius 3 is 2.63 bits per heavy atom. The number of methoxy groups -OCH3 is 1. The summed E-state index contributed by atoms with van der Waals surface area (Å²) < 4.78 is 11.1. The van der Waals surface area contributed by atoms with Crippen molar-refractivity contribution in [2.75, 3.05) is 20.3 Å². The van der Waals surface area contributed by atoms with Gasteiger partial charge in [-0.15, -0.1) is 11.3 Å². The number of carbonyl (C=O) groups excluding carboxylic acids is 1. The second kappa shape index (κ2) is 9.41. The van der Waals surface area contributed by atoms with Crippen LogP contribution in [0.2, 0.25) is 0 Å². The zero-order chi connectivity index (χ0) is 20.9. The third kappa shape index (κ3) is 4.71. The van der Waals surface area contributed by atoms with E-state index in [0.29, 0.717) is 18.8 Å². The molecule has 0 spiro atoms. The third-order valence-corrected chi connectivity index (χ3v) is 6.26. The van der Waals surface area contributed by atoms with E-state index in [-0.39, 0.29) is 12.0 Å². The molecule has 0 saturated carbocycles. The number of amides is 1. The van der Waals surface area contributed by atoms with E-state index in [1.54, 1.807) is 18.4 Å². The summed E-state index contributed by atoms with van der Waals surface area (Å²) in [7, 11) is 1.65. The van der Waals surface area contributed by atoms with Crippen molar-refractivity contribution in [2.24, 2.45) is 0 Å². The van der Waals surface area contributed by atoms with Gasteiger partial charge in [0.05, 0.1) is 23.1 Å². The Labute approximate surface area is 181 Å². The van der Waals surface area contributed by atoms with Gasteiger partial charge >= 0.3 is 0 Å². The van der Waals surface area contributed by atoms with Crippen LogP contribution in [-0.4, -0.2) is 42.2 Å². The summed E-state index contributed by atoms with van der Waals surface area (Å²) in [6.07, 6.45) is 2.10. The lowest BCUT2D eigenvalue weighted by atomic mass is 10.1. The quantitative estimate of drug-likeness (QED) is 0.541. The van der Waals surface area contributed by atoms with Gasteiger partial charge in [-0.1, -0.05) is 42.5 Å². The van der Waals surface area contributed by atoms with E-state index in [4.69, 9.17) is 9.47 Å². The zero-order valence-corrected chi connectivity index (χ0v) is 18.2. The maximum absolute atomic E-state index is 13.7. The molecule has 0 N–H and O–H groups in total. The average molecular weight is 423 g/mol. The second-order valence-electron chi connectivity index (χ2n) is 7.45. The predicted molar refractivity (Wildman–Crippen MR) is 119 cm³/mol. The van der Waals surface area contributed by atoms with Gasteiger partial charge in [0.1, 0.15) is 11.4 Å². The zero-order valence-electron chi connectivity index (χ0n) is 17.3. The number of rotatable bonds is 7. The molecule has 156 valence electrons. The van der Waals surface area contributed by atoms with Crippen LogP contribution in [0.15, 0.2) is 54.6 Å². The summed E-state index contributed by atoms with van der Waals surface area (Å²) in [4.78, 5) is 21.1. The molecule has 2 heterocycles. The second-order valence-corrected chi connectivity index (χ2v) is 8.65. The molecule has 6 heteroatoms. The summed E-state index contributed by atoms with van der Waals surface area (Å²) in [5.41, 5.74) is 2.60. The van der Waals surface area contributed by atoms with E-state index >= 15 is 0 Å². The lowest BCUT2D eigenvalue weighted by Crippen LogP contribution is -2.37. The molecule has 1 aliphatic rings. The van der Waals surface area contributed by atoms with Crippen molar-refractivity contribution < 1.29 is 14.3 Å². The van der Waals surface area contributed by atoms with Gasteiger partial charge in [0.25, 0.3) is 5.91 Å². The number of hydrogen-bond acceptors (Lipinski definition) is 5. The van der Waals surface area contributed by atoms with Gasteiger partial charge in [-0.2, -0.15) is 0 Å². The fraction of sp³-hybridized carbons (Fsp3) is 0.333. The lowest BCUT2D eigenvalue weighted by Gasteiger charge is -2.25. The maximum Gasteiger partial charge on any atom is 0.274 e. The Balaban J connectivity index is 1.63. The molecule has 1 amide bonds. The highest BCUT2D eigenvalue weighted by Gasteiger charge is 2.27. The Bertz CT molecular complexity index is 979. The van der Waals surface area contributed by atoms with E-state index in [2.05, 4.69) is 4.98 Å². The van der Waals surface area contributed by atoms with E-state index in [0.717, 1.165) is 46.2 Å². The van der Waals surface area contributed by atoms with Crippen LogP contribution >= 0.6 is 11.3 Å². The summed E-state index contributed by atoms with van der Waals surface area (Å²) in [5.74, 6) is 0.752. The van der Waals surface area contributed by atoms with Gasteiger partial charge in [0.15, 0.2) is 0 Å². The first-order chi connectivity index (χ1) is 14.6. The van der Waals surface area contributed by atoms with Crippen LogP contribution in [0.1, 0.15) is 33.9 Å². The van der Waals surface area contributed by atoms with Crippen molar-refractivity contribution >= 4 is 17.2 Å². The van der Waals surface area contributed by atoms with Crippen LogP contribution in [-0.2, 0) is 11.3 Å². The van der Waals surface area contributed by atoms with Crippen molar-refractivity contribution in [3.8, 4) is 16.2 Å². The number of thiazole rings is 1. The standard InChI is InChI=1S/C24H26N2O3S/c1-17-25-22(23(30-17)19-7-4-3-5-8-19)24(27)26(16-21-9-6-14-29-21)15-18-10-12-20(28-2)13-11-18/h3-5,7-8,10-13,21H,6,9,14-16H2,1-2H3. The first-order valence-corrected chi connectivity index (χ1v) is 11.0. The smallest absolute Gasteiger partial charge is 0.274 e. The number of aryl methyl sites for hydroxylation is 1. The lowest BCUT2D eigenvalue weighted by molar-refractivity contribution is 0.0504. The fourth-order valence-corrected chi connectivity index (χ4v) is 4.63. The van der Waals surface area contributed by atoms with E-state index < -0.39 is 0 Å².